The van der Waals surface area contributed by atoms with E-state index in [9.17, 15) is 19.5 Å². The number of morpholine rings is 1. The number of carbonyl (C=O) groups excluding carboxylic acids is 3. The number of aryl methyl sites for hydroxylation is 1. The van der Waals surface area contributed by atoms with Crippen LogP contribution in [0.4, 0.5) is 0 Å². The molecule has 0 spiro atoms. The van der Waals surface area contributed by atoms with Gasteiger partial charge in [-0.05, 0) is 35.9 Å². The van der Waals surface area contributed by atoms with Crippen LogP contribution >= 0.6 is 11.6 Å². The molecule has 3 N–H and O–H groups in total. The highest BCUT2D eigenvalue weighted by Gasteiger charge is 2.35. The lowest BCUT2D eigenvalue weighted by molar-refractivity contribution is -0.121. The summed E-state index contributed by atoms with van der Waals surface area (Å²) >= 11 is 6.52. The lowest BCUT2D eigenvalue weighted by Crippen LogP contribution is -2.41. The maximum Gasteiger partial charge on any atom is 0.259 e. The molecule has 0 radical (unpaired) electrons. The molecule has 6 rings (SSSR count). The fraction of sp³-hybridized carbons (Fsp3) is 0.276. The Morgan fingerprint density at radius 2 is 1.74 bits per heavy atom. The Labute approximate surface area is 229 Å². The first-order valence-corrected chi connectivity index (χ1v) is 13.3. The Hall–Kier alpha value is -3.92. The number of nitrogens with one attached hydrogen (secondary N) is 2. The van der Waals surface area contributed by atoms with Crippen LogP contribution in [0, 0.1) is 0 Å². The molecule has 1 aromatic heterocycles. The number of imide groups is 1. The molecule has 200 valence electrons. The van der Waals surface area contributed by atoms with Crippen molar-refractivity contribution >= 4 is 51.1 Å². The van der Waals surface area contributed by atoms with Crippen LogP contribution in [-0.2, 0) is 16.1 Å². The molecule has 0 atom stereocenters. The van der Waals surface area contributed by atoms with E-state index in [1.165, 1.54) is 0 Å². The van der Waals surface area contributed by atoms with Crippen molar-refractivity contribution in [1.29, 1.82) is 0 Å². The Morgan fingerprint density at radius 3 is 2.54 bits per heavy atom. The van der Waals surface area contributed by atoms with Crippen LogP contribution in [0.25, 0.3) is 32.9 Å². The van der Waals surface area contributed by atoms with Gasteiger partial charge in [0.05, 0.1) is 29.9 Å². The molecule has 1 saturated heterocycles. The highest BCUT2D eigenvalue weighted by Crippen LogP contribution is 2.42. The minimum Gasteiger partial charge on any atom is -0.508 e. The molecular weight excluding hydrogens is 520 g/mol. The highest BCUT2D eigenvalue weighted by atomic mass is 35.5. The average molecular weight is 547 g/mol. The topological polar surface area (TPSA) is 113 Å². The molecule has 0 bridgehead atoms. The van der Waals surface area contributed by atoms with Crippen LogP contribution in [-0.4, -0.2) is 71.7 Å². The SMILES string of the molecule is O=C(CCn1c2ccc(O)cc2c2c3c(c(-c4ccccc4Cl)cc21)C(=O)NC3=O)NCCN1CCOCC1. The van der Waals surface area contributed by atoms with Gasteiger partial charge >= 0.3 is 0 Å². The number of hydrogen-bond acceptors (Lipinski definition) is 6. The zero-order chi connectivity index (χ0) is 27.1. The lowest BCUT2D eigenvalue weighted by Gasteiger charge is -2.26. The molecule has 1 fully saturated rings. The average Bonchev–Trinajstić information content (AvgIpc) is 3.40. The molecule has 0 aliphatic carbocycles. The van der Waals surface area contributed by atoms with Gasteiger partial charge in [0.15, 0.2) is 0 Å². The normalized spacial score (nSPS) is 15.6. The summed E-state index contributed by atoms with van der Waals surface area (Å²) in [5.74, 6) is -1.04. The number of nitrogens with zero attached hydrogens (tertiary/aromatic N) is 2. The largest absolute Gasteiger partial charge is 0.508 e. The van der Waals surface area contributed by atoms with E-state index < -0.39 is 11.8 Å². The Morgan fingerprint density at radius 1 is 0.974 bits per heavy atom. The first-order chi connectivity index (χ1) is 18.9. The van der Waals surface area contributed by atoms with Crippen molar-refractivity contribution in [2.24, 2.45) is 0 Å². The number of rotatable bonds is 7. The van der Waals surface area contributed by atoms with Gasteiger partial charge in [-0.1, -0.05) is 29.8 Å². The highest BCUT2D eigenvalue weighted by molar-refractivity contribution is 6.36. The van der Waals surface area contributed by atoms with Gasteiger partial charge in [0, 0.05) is 66.0 Å². The van der Waals surface area contributed by atoms with Crippen molar-refractivity contribution in [2.45, 2.75) is 13.0 Å². The van der Waals surface area contributed by atoms with Gasteiger partial charge < -0.3 is 19.7 Å². The molecule has 0 unspecified atom stereocenters. The summed E-state index contributed by atoms with van der Waals surface area (Å²) in [5, 5.41) is 17.3. The van der Waals surface area contributed by atoms with Crippen molar-refractivity contribution in [2.75, 3.05) is 39.4 Å². The van der Waals surface area contributed by atoms with Gasteiger partial charge in [-0.2, -0.15) is 0 Å². The van der Waals surface area contributed by atoms with Gasteiger partial charge in [0.2, 0.25) is 5.91 Å². The van der Waals surface area contributed by atoms with E-state index in [0.29, 0.717) is 58.7 Å². The Bertz CT molecular complexity index is 1640. The van der Waals surface area contributed by atoms with E-state index in [1.54, 1.807) is 36.4 Å². The molecule has 3 amide bonds. The Balaban J connectivity index is 1.40. The molecule has 2 aliphatic heterocycles. The molecular formula is C29H27ClN4O5. The summed E-state index contributed by atoms with van der Waals surface area (Å²) < 4.78 is 7.33. The molecule has 2 aliphatic rings. The van der Waals surface area contributed by atoms with Crippen LogP contribution in [0.2, 0.25) is 5.02 Å². The summed E-state index contributed by atoms with van der Waals surface area (Å²) in [5.41, 5.74) is 3.09. The summed E-state index contributed by atoms with van der Waals surface area (Å²) in [6, 6.07) is 13.9. The van der Waals surface area contributed by atoms with Crippen LogP contribution in [0.5, 0.6) is 5.75 Å². The first-order valence-electron chi connectivity index (χ1n) is 12.9. The number of aromatic hydroxyl groups is 1. The number of carbonyl (C=O) groups is 3. The standard InChI is InChI=1S/C29H27ClN4O5/c30-21-4-2-1-3-18(21)19-16-23-25(27-26(19)28(37)32-29(27)38)20-15-17(35)5-6-22(20)34(23)9-7-24(36)31-8-10-33-11-13-39-14-12-33/h1-6,15-16,35H,7-14H2,(H,31,36)(H,32,37,38). The maximum atomic E-state index is 13.1. The van der Waals surface area contributed by atoms with E-state index in [4.69, 9.17) is 16.3 Å². The molecule has 4 aromatic rings. The van der Waals surface area contributed by atoms with Crippen LogP contribution in [0.1, 0.15) is 27.1 Å². The predicted octanol–water partition coefficient (Wildman–Crippen LogP) is 3.54. The lowest BCUT2D eigenvalue weighted by atomic mass is 9.93. The number of phenolic OH excluding ortho intramolecular Hbond substituents is 1. The van der Waals surface area contributed by atoms with Crippen molar-refractivity contribution in [3.63, 3.8) is 0 Å². The monoisotopic (exact) mass is 546 g/mol. The third-order valence-corrected chi connectivity index (χ3v) is 7.73. The molecule has 39 heavy (non-hydrogen) atoms. The zero-order valence-corrected chi connectivity index (χ0v) is 21.9. The number of ether oxygens (including phenoxy) is 1. The fourth-order valence-corrected chi connectivity index (χ4v) is 5.79. The van der Waals surface area contributed by atoms with E-state index in [-0.39, 0.29) is 29.2 Å². The van der Waals surface area contributed by atoms with Gasteiger partial charge in [0.1, 0.15) is 5.75 Å². The van der Waals surface area contributed by atoms with Crippen molar-refractivity contribution in [1.82, 2.24) is 20.1 Å². The number of phenols is 1. The van der Waals surface area contributed by atoms with Gasteiger partial charge in [-0.15, -0.1) is 0 Å². The summed E-state index contributed by atoms with van der Waals surface area (Å²) in [4.78, 5) is 41.1. The van der Waals surface area contributed by atoms with Crippen molar-refractivity contribution in [3.05, 3.63) is 64.7 Å². The smallest absolute Gasteiger partial charge is 0.259 e. The number of benzene rings is 3. The minimum absolute atomic E-state index is 0.0380. The van der Waals surface area contributed by atoms with E-state index >= 15 is 0 Å². The van der Waals surface area contributed by atoms with Crippen LogP contribution < -0.4 is 10.6 Å². The summed E-state index contributed by atoms with van der Waals surface area (Å²) in [6.45, 7) is 4.79. The number of halogens is 1. The molecule has 3 aromatic carbocycles. The van der Waals surface area contributed by atoms with Crippen molar-refractivity contribution < 1.29 is 24.2 Å². The number of hydrogen-bond donors (Lipinski definition) is 3. The predicted molar refractivity (Wildman–Crippen MR) is 148 cm³/mol. The fourth-order valence-electron chi connectivity index (χ4n) is 5.55. The second-order valence-electron chi connectivity index (χ2n) is 9.74. The van der Waals surface area contributed by atoms with Crippen molar-refractivity contribution in [3.8, 4) is 16.9 Å². The van der Waals surface area contributed by atoms with Crippen LogP contribution in [0.3, 0.4) is 0 Å². The number of fused-ring (bicyclic) bond motifs is 5. The van der Waals surface area contributed by atoms with Gasteiger partial charge in [-0.25, -0.2) is 0 Å². The van der Waals surface area contributed by atoms with Gasteiger partial charge in [0.25, 0.3) is 11.8 Å². The number of amides is 3. The zero-order valence-electron chi connectivity index (χ0n) is 21.1. The van der Waals surface area contributed by atoms with Gasteiger partial charge in [-0.3, -0.25) is 24.6 Å². The first kappa shape index (κ1) is 25.4. The second kappa shape index (κ2) is 10.3. The third kappa shape index (κ3) is 4.63. The third-order valence-electron chi connectivity index (χ3n) is 7.40. The quantitative estimate of drug-likeness (QED) is 0.306. The Kier molecular flexibility index (Phi) is 6.72. The van der Waals surface area contributed by atoms with E-state index in [1.807, 2.05) is 16.7 Å². The molecule has 0 saturated carbocycles. The second-order valence-corrected chi connectivity index (χ2v) is 10.1. The number of aromatic nitrogens is 1. The molecule has 10 heteroatoms. The minimum atomic E-state index is -0.503. The summed E-state index contributed by atoms with van der Waals surface area (Å²) in [7, 11) is 0. The summed E-state index contributed by atoms with van der Waals surface area (Å²) in [6.07, 6.45) is 0.215. The molecule has 3 heterocycles. The van der Waals surface area contributed by atoms with E-state index in [0.717, 1.165) is 25.2 Å². The molecule has 9 nitrogen and oxygen atoms in total. The van der Waals surface area contributed by atoms with E-state index in [2.05, 4.69) is 15.5 Å². The maximum absolute atomic E-state index is 13.1. The van der Waals surface area contributed by atoms with Crippen LogP contribution in [0.15, 0.2) is 48.5 Å².